The van der Waals surface area contributed by atoms with E-state index < -0.39 is 6.89 Å². The first-order valence-corrected chi connectivity index (χ1v) is 13.3. The number of amides is 1. The maximum absolute atomic E-state index is 13.9. The number of aliphatic imine (C=N–C) groups is 1. The van der Waals surface area contributed by atoms with Crippen molar-refractivity contribution in [3.05, 3.63) is 126 Å². The Morgan fingerprint density at radius 3 is 1.53 bits per heavy atom. The van der Waals surface area contributed by atoms with E-state index in [1.54, 1.807) is 12.1 Å². The first-order chi connectivity index (χ1) is 16.6. The Kier molecular flexibility index (Phi) is 6.30. The van der Waals surface area contributed by atoms with Gasteiger partial charge in [0.15, 0.2) is 0 Å². The third-order valence-electron chi connectivity index (χ3n) is 5.75. The molecule has 0 aliphatic carbocycles. The second kappa shape index (κ2) is 9.52. The molecule has 1 heterocycles. The summed E-state index contributed by atoms with van der Waals surface area (Å²) in [5.41, 5.74) is 0.752. The predicted molar refractivity (Wildman–Crippen MR) is 149 cm³/mol. The molecule has 4 aromatic rings. The lowest BCUT2D eigenvalue weighted by molar-refractivity contribution is -0.113. The van der Waals surface area contributed by atoms with Crippen molar-refractivity contribution in [1.82, 2.24) is 5.32 Å². The molecule has 4 aromatic carbocycles. The quantitative estimate of drug-likeness (QED) is 0.327. The smallest absolute Gasteiger partial charge is 0.260 e. The number of halogens is 1. The van der Waals surface area contributed by atoms with E-state index in [-0.39, 0.29) is 5.91 Å². The second-order valence-electron chi connectivity index (χ2n) is 7.75. The zero-order valence-electron chi connectivity index (χ0n) is 18.1. The number of carbonyl (C=O) groups is 1. The predicted octanol–water partition coefficient (Wildman–Crippen LogP) is 4.71. The van der Waals surface area contributed by atoms with Crippen molar-refractivity contribution < 1.29 is 4.79 Å². The van der Waals surface area contributed by atoms with Crippen LogP contribution >= 0.6 is 30.7 Å². The Balaban J connectivity index is 1.87. The number of carbonyl (C=O) groups excluding carboxylic acids is 1. The van der Waals surface area contributed by atoms with Crippen molar-refractivity contribution in [3.63, 3.8) is 0 Å². The van der Waals surface area contributed by atoms with Gasteiger partial charge in [0.25, 0.3) is 5.91 Å². The third-order valence-corrected chi connectivity index (χ3v) is 10.7. The van der Waals surface area contributed by atoms with Gasteiger partial charge in [0.2, 0.25) is 0 Å². The molecule has 0 fully saturated rings. The fraction of sp³-hybridized carbons (Fsp3) is 0. The van der Waals surface area contributed by atoms with Gasteiger partial charge in [-0.05, 0) is 47.1 Å². The maximum Gasteiger partial charge on any atom is 0.260 e. The summed E-state index contributed by atoms with van der Waals surface area (Å²) in [6.07, 6.45) is 0. The molecular weight excluding hydrogens is 479 g/mol. The standard InChI is InChI=1S/C28H20ClN2OPS/c29-21-18-16-20(17-19-21)26-30-27(32)25(28(34)31-26)33(22-10-4-1-5-11-22,23-12-6-2-7-13-23)24-14-8-3-9-15-24/h1-19H,(H,30,31,32,34). The van der Waals surface area contributed by atoms with Crippen molar-refractivity contribution >= 4 is 68.6 Å². The van der Waals surface area contributed by atoms with E-state index in [9.17, 15) is 4.79 Å². The summed E-state index contributed by atoms with van der Waals surface area (Å²) in [6.45, 7) is -2.63. The van der Waals surface area contributed by atoms with Crippen molar-refractivity contribution in [1.29, 1.82) is 0 Å². The van der Waals surface area contributed by atoms with Gasteiger partial charge in [-0.3, -0.25) is 4.79 Å². The van der Waals surface area contributed by atoms with Crippen LogP contribution in [-0.4, -0.2) is 22.0 Å². The molecule has 0 unspecified atom stereocenters. The number of nitrogens with one attached hydrogen (secondary N) is 1. The van der Waals surface area contributed by atoms with Crippen LogP contribution in [0.3, 0.4) is 0 Å². The molecule has 5 rings (SSSR count). The number of hydrogen-bond donors (Lipinski definition) is 1. The van der Waals surface area contributed by atoms with Crippen LogP contribution in [0, 0.1) is 0 Å². The summed E-state index contributed by atoms with van der Waals surface area (Å²) in [5.74, 6) is 0.206. The fourth-order valence-electron chi connectivity index (χ4n) is 4.28. The first kappa shape index (κ1) is 22.5. The van der Waals surface area contributed by atoms with Gasteiger partial charge in [0.05, 0.1) is 5.29 Å². The Hall–Kier alpha value is -3.30. The van der Waals surface area contributed by atoms with Gasteiger partial charge in [0, 0.05) is 10.6 Å². The Labute approximate surface area is 209 Å². The normalized spacial score (nSPS) is 13.9. The fourth-order valence-corrected chi connectivity index (χ4v) is 9.22. The summed E-state index contributed by atoms with van der Waals surface area (Å²) in [4.78, 5) is 18.9. The zero-order valence-corrected chi connectivity index (χ0v) is 20.5. The molecule has 1 amide bonds. The minimum atomic E-state index is -2.63. The lowest BCUT2D eigenvalue weighted by Gasteiger charge is -2.33. The van der Waals surface area contributed by atoms with Crippen LogP contribution < -0.4 is 21.2 Å². The summed E-state index contributed by atoms with van der Waals surface area (Å²) >= 11 is 11.9. The molecule has 166 valence electrons. The lowest BCUT2D eigenvalue weighted by Crippen LogP contribution is -2.48. The summed E-state index contributed by atoms with van der Waals surface area (Å²) < 4.78 is 0. The molecule has 3 nitrogen and oxygen atoms in total. The number of rotatable bonds is 4. The van der Waals surface area contributed by atoms with Crippen LogP contribution in [0.1, 0.15) is 5.56 Å². The van der Waals surface area contributed by atoms with Crippen LogP contribution in [0.15, 0.2) is 120 Å². The molecule has 34 heavy (non-hydrogen) atoms. The number of amidine groups is 1. The molecule has 0 radical (unpaired) electrons. The van der Waals surface area contributed by atoms with Crippen LogP contribution in [-0.2, 0) is 4.79 Å². The molecular formula is C28H20ClN2OPS. The highest BCUT2D eigenvalue weighted by Crippen LogP contribution is 2.47. The number of thiocarbonyl (C=S) groups is 1. The van der Waals surface area contributed by atoms with Gasteiger partial charge < -0.3 is 5.32 Å². The number of benzene rings is 4. The van der Waals surface area contributed by atoms with Gasteiger partial charge in [-0.2, -0.15) is 0 Å². The highest BCUT2D eigenvalue weighted by atomic mass is 35.5. The van der Waals surface area contributed by atoms with E-state index in [2.05, 4.69) is 41.7 Å². The van der Waals surface area contributed by atoms with E-state index in [1.165, 1.54) is 0 Å². The van der Waals surface area contributed by atoms with Gasteiger partial charge >= 0.3 is 0 Å². The van der Waals surface area contributed by atoms with Crippen LogP contribution in [0.2, 0.25) is 5.02 Å². The van der Waals surface area contributed by atoms with E-state index in [0.29, 0.717) is 21.1 Å². The second-order valence-corrected chi connectivity index (χ2v) is 11.9. The molecule has 0 spiro atoms. The first-order valence-electron chi connectivity index (χ1n) is 10.7. The molecule has 1 aliphatic rings. The van der Waals surface area contributed by atoms with Crippen LogP contribution in [0.25, 0.3) is 0 Å². The Morgan fingerprint density at radius 2 is 1.12 bits per heavy atom. The molecule has 0 bridgehead atoms. The molecule has 6 heteroatoms. The highest BCUT2D eigenvalue weighted by molar-refractivity contribution is 8.00. The molecule has 1 aliphatic heterocycles. The lowest BCUT2D eigenvalue weighted by atomic mass is 10.2. The monoisotopic (exact) mass is 498 g/mol. The molecule has 0 aromatic heterocycles. The SMILES string of the molecule is O=C1NC(c2ccc(Cl)cc2)=NC(=S)C1=P(c1ccccc1)(c1ccccc1)c1ccccc1. The minimum absolute atomic E-state index is 0.227. The van der Waals surface area contributed by atoms with Gasteiger partial charge in [-0.15, -0.1) is 0 Å². The van der Waals surface area contributed by atoms with Gasteiger partial charge in [-0.25, -0.2) is 4.99 Å². The number of hydrogen-bond acceptors (Lipinski definition) is 2. The van der Waals surface area contributed by atoms with Crippen LogP contribution in [0.5, 0.6) is 0 Å². The van der Waals surface area contributed by atoms with E-state index in [1.807, 2.05) is 66.7 Å². The average Bonchev–Trinajstić information content (AvgIpc) is 2.88. The van der Waals surface area contributed by atoms with Crippen molar-refractivity contribution in [3.8, 4) is 0 Å². The zero-order chi connectivity index (χ0) is 23.5. The maximum atomic E-state index is 13.9. The van der Waals surface area contributed by atoms with Gasteiger partial charge in [-0.1, -0.05) is 115 Å². The van der Waals surface area contributed by atoms with Crippen molar-refractivity contribution in [2.75, 3.05) is 0 Å². The topological polar surface area (TPSA) is 41.5 Å². The van der Waals surface area contributed by atoms with Crippen molar-refractivity contribution in [2.45, 2.75) is 0 Å². The van der Waals surface area contributed by atoms with E-state index >= 15 is 0 Å². The molecule has 0 saturated carbocycles. The molecule has 0 atom stereocenters. The summed E-state index contributed by atoms with van der Waals surface area (Å²) in [5, 5.41) is 7.30. The third kappa shape index (κ3) is 3.95. The minimum Gasteiger partial charge on any atom is -0.306 e. The van der Waals surface area contributed by atoms with E-state index in [0.717, 1.165) is 21.5 Å². The Morgan fingerprint density at radius 1 is 0.676 bits per heavy atom. The largest absolute Gasteiger partial charge is 0.306 e. The van der Waals surface area contributed by atoms with Crippen LogP contribution in [0.4, 0.5) is 0 Å². The molecule has 0 saturated heterocycles. The molecule has 1 N–H and O–H groups in total. The highest BCUT2D eigenvalue weighted by Gasteiger charge is 2.37. The summed E-state index contributed by atoms with van der Waals surface area (Å²) in [7, 11) is 0. The average molecular weight is 499 g/mol. The van der Waals surface area contributed by atoms with E-state index in [4.69, 9.17) is 28.8 Å². The van der Waals surface area contributed by atoms with Gasteiger partial charge in [0.1, 0.15) is 10.8 Å². The summed E-state index contributed by atoms with van der Waals surface area (Å²) in [6, 6.07) is 37.6. The number of nitrogens with zero attached hydrogens (tertiary/aromatic N) is 1. The van der Waals surface area contributed by atoms with Crippen molar-refractivity contribution in [2.24, 2.45) is 4.99 Å². The Bertz CT molecular complexity index is 1350.